The maximum Gasteiger partial charge on any atom is 0.418 e. The molecular weight excluding hydrogens is 269 g/mol. The number of alkyl halides is 3. The van der Waals surface area contributed by atoms with E-state index in [1.807, 2.05) is 0 Å². The number of benzene rings is 2. The molecule has 0 saturated heterocycles. The Labute approximate surface area is 112 Å². The lowest BCUT2D eigenvalue weighted by Gasteiger charge is -2.09. The number of rotatable bonds is 2. The summed E-state index contributed by atoms with van der Waals surface area (Å²) in [6.07, 6.45) is -4.52. The van der Waals surface area contributed by atoms with Crippen molar-refractivity contribution in [3.05, 3.63) is 48.0 Å². The molecule has 4 nitrogen and oxygen atoms in total. The van der Waals surface area contributed by atoms with E-state index < -0.39 is 11.7 Å². The van der Waals surface area contributed by atoms with Crippen molar-refractivity contribution < 1.29 is 13.2 Å². The molecule has 2 rings (SSSR count). The first-order valence-electron chi connectivity index (χ1n) is 5.60. The number of nitrogens with two attached hydrogens (primary N) is 2. The fourth-order valence-corrected chi connectivity index (χ4v) is 1.51. The molecule has 0 saturated carbocycles. The van der Waals surface area contributed by atoms with Crippen LogP contribution in [0.4, 0.5) is 35.9 Å². The number of hydrogen-bond donors (Lipinski definition) is 2. The quantitative estimate of drug-likeness (QED) is 0.636. The van der Waals surface area contributed by atoms with Crippen LogP contribution in [0.5, 0.6) is 0 Å². The van der Waals surface area contributed by atoms with Gasteiger partial charge in [-0.15, -0.1) is 0 Å². The second-order valence-electron chi connectivity index (χ2n) is 4.06. The summed E-state index contributed by atoms with van der Waals surface area (Å²) in [5.41, 5.74) is 10.7. The summed E-state index contributed by atoms with van der Waals surface area (Å²) >= 11 is 0. The highest BCUT2D eigenvalue weighted by Gasteiger charge is 2.33. The summed E-state index contributed by atoms with van der Waals surface area (Å²) in [4.78, 5) is 0. The van der Waals surface area contributed by atoms with Gasteiger partial charge in [0.2, 0.25) is 0 Å². The van der Waals surface area contributed by atoms with E-state index in [4.69, 9.17) is 11.5 Å². The molecule has 0 amide bonds. The smallest absolute Gasteiger partial charge is 0.399 e. The largest absolute Gasteiger partial charge is 0.418 e. The van der Waals surface area contributed by atoms with Gasteiger partial charge in [-0.2, -0.15) is 23.4 Å². The zero-order valence-electron chi connectivity index (χ0n) is 10.2. The molecule has 2 aromatic rings. The van der Waals surface area contributed by atoms with Gasteiger partial charge >= 0.3 is 6.18 Å². The number of halogens is 3. The van der Waals surface area contributed by atoms with Crippen molar-refractivity contribution in [2.75, 3.05) is 11.5 Å². The average Bonchev–Trinajstić information content (AvgIpc) is 2.38. The van der Waals surface area contributed by atoms with Crippen LogP contribution in [-0.2, 0) is 6.18 Å². The summed E-state index contributed by atoms with van der Waals surface area (Å²) in [5.74, 6) is 0. The monoisotopic (exact) mass is 280 g/mol. The standard InChI is InChI=1S/C13H11F3N4/c14-13(15,16)11-7-10(5-6-12(11)18)20-19-9-3-1-8(17)2-4-9/h1-7H,17-18H2. The predicted octanol–water partition coefficient (Wildman–Crippen LogP) is 4.29. The van der Waals surface area contributed by atoms with Crippen molar-refractivity contribution in [3.63, 3.8) is 0 Å². The van der Waals surface area contributed by atoms with Crippen molar-refractivity contribution in [2.45, 2.75) is 6.18 Å². The van der Waals surface area contributed by atoms with E-state index in [1.165, 1.54) is 6.07 Å². The maximum atomic E-state index is 12.7. The van der Waals surface area contributed by atoms with Crippen LogP contribution in [0.15, 0.2) is 52.7 Å². The van der Waals surface area contributed by atoms with E-state index in [1.54, 1.807) is 24.3 Å². The van der Waals surface area contributed by atoms with Crippen LogP contribution in [0.3, 0.4) is 0 Å². The minimum Gasteiger partial charge on any atom is -0.399 e. The number of azo groups is 1. The molecule has 0 fully saturated rings. The fraction of sp³-hybridized carbons (Fsp3) is 0.0769. The third-order valence-corrected chi connectivity index (χ3v) is 2.52. The molecule has 0 aromatic heterocycles. The third kappa shape index (κ3) is 3.25. The molecule has 0 aliphatic rings. The van der Waals surface area contributed by atoms with E-state index >= 15 is 0 Å². The normalized spacial score (nSPS) is 11.9. The maximum absolute atomic E-state index is 12.7. The second kappa shape index (κ2) is 5.20. The van der Waals surface area contributed by atoms with Gasteiger partial charge in [0.05, 0.1) is 16.9 Å². The van der Waals surface area contributed by atoms with E-state index in [-0.39, 0.29) is 11.4 Å². The van der Waals surface area contributed by atoms with Gasteiger partial charge in [-0.1, -0.05) is 0 Å². The second-order valence-corrected chi connectivity index (χ2v) is 4.06. The molecule has 4 N–H and O–H groups in total. The van der Waals surface area contributed by atoms with Crippen molar-refractivity contribution in [1.82, 2.24) is 0 Å². The molecule has 0 heterocycles. The Morgan fingerprint density at radius 2 is 1.35 bits per heavy atom. The Bertz CT molecular complexity index is 633. The van der Waals surface area contributed by atoms with E-state index in [9.17, 15) is 13.2 Å². The number of nitrogen functional groups attached to an aromatic ring is 2. The van der Waals surface area contributed by atoms with Crippen molar-refractivity contribution in [2.24, 2.45) is 10.2 Å². The molecule has 0 aliphatic heterocycles. The lowest BCUT2D eigenvalue weighted by Crippen LogP contribution is -2.08. The first-order chi connectivity index (χ1) is 9.36. The Hall–Kier alpha value is -2.57. The van der Waals surface area contributed by atoms with E-state index in [0.717, 1.165) is 12.1 Å². The molecule has 2 aromatic carbocycles. The molecule has 20 heavy (non-hydrogen) atoms. The molecule has 7 heteroatoms. The minimum atomic E-state index is -4.52. The molecule has 0 bridgehead atoms. The third-order valence-electron chi connectivity index (χ3n) is 2.52. The van der Waals surface area contributed by atoms with Crippen LogP contribution < -0.4 is 11.5 Å². The van der Waals surface area contributed by atoms with Gasteiger partial charge in [0.1, 0.15) is 0 Å². The zero-order chi connectivity index (χ0) is 14.8. The summed E-state index contributed by atoms with van der Waals surface area (Å²) in [6.45, 7) is 0. The van der Waals surface area contributed by atoms with Gasteiger partial charge in [-0.05, 0) is 42.5 Å². The molecule has 0 unspecified atom stereocenters. The van der Waals surface area contributed by atoms with Gasteiger partial charge in [0.25, 0.3) is 0 Å². The van der Waals surface area contributed by atoms with Crippen LogP contribution in [0.2, 0.25) is 0 Å². The molecule has 0 radical (unpaired) electrons. The van der Waals surface area contributed by atoms with Gasteiger partial charge in [0, 0.05) is 11.4 Å². The summed E-state index contributed by atoms with van der Waals surface area (Å²) in [5, 5.41) is 7.58. The van der Waals surface area contributed by atoms with Gasteiger partial charge in [0.15, 0.2) is 0 Å². The predicted molar refractivity (Wildman–Crippen MR) is 70.9 cm³/mol. The first-order valence-corrected chi connectivity index (χ1v) is 5.60. The van der Waals surface area contributed by atoms with E-state index in [2.05, 4.69) is 10.2 Å². The van der Waals surface area contributed by atoms with Crippen molar-refractivity contribution in [3.8, 4) is 0 Å². The van der Waals surface area contributed by atoms with Crippen molar-refractivity contribution in [1.29, 1.82) is 0 Å². The summed E-state index contributed by atoms with van der Waals surface area (Å²) in [7, 11) is 0. The number of hydrogen-bond acceptors (Lipinski definition) is 4. The Kier molecular flexibility index (Phi) is 3.60. The zero-order valence-corrected chi connectivity index (χ0v) is 10.2. The van der Waals surface area contributed by atoms with E-state index in [0.29, 0.717) is 11.4 Å². The number of nitrogens with zero attached hydrogens (tertiary/aromatic N) is 2. The lowest BCUT2D eigenvalue weighted by atomic mass is 10.1. The van der Waals surface area contributed by atoms with Gasteiger partial charge in [-0.3, -0.25) is 0 Å². The number of anilines is 2. The fourth-order valence-electron chi connectivity index (χ4n) is 1.51. The van der Waals surface area contributed by atoms with Crippen LogP contribution in [0.25, 0.3) is 0 Å². The molecular formula is C13H11F3N4. The van der Waals surface area contributed by atoms with Gasteiger partial charge in [-0.25, -0.2) is 0 Å². The molecule has 104 valence electrons. The summed E-state index contributed by atoms with van der Waals surface area (Å²) in [6, 6.07) is 9.85. The lowest BCUT2D eigenvalue weighted by molar-refractivity contribution is -0.136. The Morgan fingerprint density at radius 3 is 1.95 bits per heavy atom. The highest BCUT2D eigenvalue weighted by molar-refractivity contribution is 5.56. The summed E-state index contributed by atoms with van der Waals surface area (Å²) < 4.78 is 38.0. The highest BCUT2D eigenvalue weighted by Crippen LogP contribution is 2.36. The molecule has 0 atom stereocenters. The Morgan fingerprint density at radius 1 is 0.800 bits per heavy atom. The van der Waals surface area contributed by atoms with Crippen molar-refractivity contribution >= 4 is 22.7 Å². The van der Waals surface area contributed by atoms with Gasteiger partial charge < -0.3 is 11.5 Å². The minimum absolute atomic E-state index is 0.0725. The van der Waals surface area contributed by atoms with Crippen LogP contribution in [0, 0.1) is 0 Å². The topological polar surface area (TPSA) is 76.8 Å². The first kappa shape index (κ1) is 13.9. The SMILES string of the molecule is Nc1ccc(N=Nc2ccc(N)c(C(F)(F)F)c2)cc1. The molecule has 0 aliphatic carbocycles. The van der Waals surface area contributed by atoms with Crippen LogP contribution in [-0.4, -0.2) is 0 Å². The molecule has 0 spiro atoms. The average molecular weight is 280 g/mol. The van der Waals surface area contributed by atoms with Crippen LogP contribution in [0.1, 0.15) is 5.56 Å². The van der Waals surface area contributed by atoms with Crippen LogP contribution >= 0.6 is 0 Å². The Balaban J connectivity index is 2.28. The highest BCUT2D eigenvalue weighted by atomic mass is 19.4.